The van der Waals surface area contributed by atoms with Gasteiger partial charge in [0.1, 0.15) is 24.1 Å². The first kappa shape index (κ1) is 30.6. The molecule has 0 unspecified atom stereocenters. The Hall–Kier alpha value is -3.63. The van der Waals surface area contributed by atoms with Crippen LogP contribution in [-0.4, -0.2) is 54.0 Å². The zero-order chi connectivity index (χ0) is 28.5. The van der Waals surface area contributed by atoms with Gasteiger partial charge in [0.05, 0.1) is 0 Å². The number of carbonyl (C=O) groups is 3. The predicted molar refractivity (Wildman–Crippen MR) is 129 cm³/mol. The van der Waals surface area contributed by atoms with E-state index in [0.29, 0.717) is 11.1 Å². The highest BCUT2D eigenvalue weighted by Crippen LogP contribution is 2.25. The molecule has 2 aromatic carbocycles. The number of amides is 1. The maximum atomic E-state index is 14.5. The number of ether oxygens (including phenoxy) is 3. The number of esters is 2. The van der Waals surface area contributed by atoms with E-state index >= 15 is 0 Å². The molecule has 0 saturated carbocycles. The fourth-order valence-corrected chi connectivity index (χ4v) is 3.45. The van der Waals surface area contributed by atoms with Crippen LogP contribution in [0.15, 0.2) is 54.6 Å². The van der Waals surface area contributed by atoms with E-state index in [-0.39, 0.29) is 13.0 Å². The number of hydrogen-bond donors (Lipinski definition) is 0. The summed E-state index contributed by atoms with van der Waals surface area (Å²) in [7, 11) is 1.31. The zero-order valence-electron chi connectivity index (χ0n) is 21.5. The quantitative estimate of drug-likeness (QED) is 0.279. The van der Waals surface area contributed by atoms with E-state index in [0.717, 1.165) is 17.0 Å². The second-order valence-corrected chi connectivity index (χ2v) is 9.09. The Morgan fingerprint density at radius 1 is 0.921 bits per heavy atom. The van der Waals surface area contributed by atoms with Crippen LogP contribution in [0.1, 0.15) is 38.3 Å². The summed E-state index contributed by atoms with van der Waals surface area (Å²) in [5, 5.41) is 0. The third kappa shape index (κ3) is 10.4. The molecule has 1 radical (unpaired) electrons. The van der Waals surface area contributed by atoms with Crippen molar-refractivity contribution < 1.29 is 46.2 Å². The molecule has 1 amide bonds. The molecule has 0 heterocycles. The van der Waals surface area contributed by atoms with Crippen LogP contribution in [-0.2, 0) is 36.9 Å². The molecular weight excluding hydrogens is 510 g/mol. The number of likely N-dealkylation sites (N-methyl/N-ethyl adjacent to an activating group) is 1. The smallest absolute Gasteiger partial charge is 0.458 e. The molecule has 0 aliphatic heterocycles. The van der Waals surface area contributed by atoms with Crippen molar-refractivity contribution in [2.75, 3.05) is 7.05 Å². The van der Waals surface area contributed by atoms with E-state index in [1.165, 1.54) is 46.4 Å². The van der Waals surface area contributed by atoms with Gasteiger partial charge >= 0.3 is 18.3 Å². The summed E-state index contributed by atoms with van der Waals surface area (Å²) in [4.78, 5) is 39.3. The van der Waals surface area contributed by atoms with E-state index in [1.54, 1.807) is 30.3 Å². The van der Waals surface area contributed by atoms with Gasteiger partial charge in [0.25, 0.3) is 0 Å². The van der Waals surface area contributed by atoms with Crippen LogP contribution < -0.4 is 4.74 Å². The van der Waals surface area contributed by atoms with Gasteiger partial charge in [-0.15, -0.1) is 13.2 Å². The van der Waals surface area contributed by atoms with E-state index in [4.69, 9.17) is 9.47 Å². The third-order valence-corrected chi connectivity index (χ3v) is 5.34. The molecule has 0 fully saturated rings. The van der Waals surface area contributed by atoms with E-state index < -0.39 is 54.2 Å². The van der Waals surface area contributed by atoms with Crippen molar-refractivity contribution in [1.82, 2.24) is 4.90 Å². The molecule has 207 valence electrons. The highest BCUT2D eigenvalue weighted by molar-refractivity contribution is 5.90. The van der Waals surface area contributed by atoms with Crippen LogP contribution in [0.2, 0.25) is 0 Å². The maximum Gasteiger partial charge on any atom is 0.573 e. The van der Waals surface area contributed by atoms with Gasteiger partial charge in [0.2, 0.25) is 12.0 Å². The van der Waals surface area contributed by atoms with Crippen molar-refractivity contribution >= 4 is 17.8 Å². The Morgan fingerprint density at radius 3 is 2.05 bits per heavy atom. The lowest BCUT2D eigenvalue weighted by Crippen LogP contribution is -2.48. The van der Waals surface area contributed by atoms with Crippen molar-refractivity contribution in [1.29, 1.82) is 0 Å². The van der Waals surface area contributed by atoms with E-state index in [9.17, 15) is 31.9 Å². The molecule has 0 aliphatic carbocycles. The molecule has 2 aromatic rings. The Bertz CT molecular complexity index is 1070. The fraction of sp³-hybridized carbons (Fsp3) is 0.407. The van der Waals surface area contributed by atoms with Gasteiger partial charge in [0, 0.05) is 26.3 Å². The van der Waals surface area contributed by atoms with Crippen LogP contribution in [0, 0.1) is 6.42 Å². The Balaban J connectivity index is 2.27. The summed E-state index contributed by atoms with van der Waals surface area (Å²) in [6.07, 6.45) is -5.87. The summed E-state index contributed by atoms with van der Waals surface area (Å²) in [5.41, 5.74) is -0.855. The summed E-state index contributed by atoms with van der Waals surface area (Å²) in [6.45, 7) is 3.79. The molecule has 11 heteroatoms. The summed E-state index contributed by atoms with van der Waals surface area (Å²) in [5.74, 6) is -2.98. The lowest BCUT2D eigenvalue weighted by molar-refractivity contribution is -0.274. The molecule has 0 N–H and O–H groups in total. The van der Waals surface area contributed by atoms with Crippen LogP contribution in [0.5, 0.6) is 5.75 Å². The summed E-state index contributed by atoms with van der Waals surface area (Å²) in [6, 6.07) is 12.0. The minimum atomic E-state index is -4.88. The van der Waals surface area contributed by atoms with Gasteiger partial charge in [-0.1, -0.05) is 49.4 Å². The predicted octanol–water partition coefficient (Wildman–Crippen LogP) is 4.97. The first-order chi connectivity index (χ1) is 17.7. The van der Waals surface area contributed by atoms with Gasteiger partial charge < -0.3 is 19.1 Å². The van der Waals surface area contributed by atoms with Crippen LogP contribution in [0.4, 0.5) is 17.6 Å². The highest BCUT2D eigenvalue weighted by atomic mass is 19.4. The van der Waals surface area contributed by atoms with Gasteiger partial charge in [0.15, 0.2) is 0 Å². The number of carbonyl (C=O) groups excluding carboxylic acids is 3. The zero-order valence-corrected chi connectivity index (χ0v) is 21.5. The van der Waals surface area contributed by atoms with Gasteiger partial charge in [-0.05, 0) is 37.1 Å². The maximum absolute atomic E-state index is 14.5. The topological polar surface area (TPSA) is 82.1 Å². The van der Waals surface area contributed by atoms with Crippen molar-refractivity contribution in [3.05, 3.63) is 72.1 Å². The largest absolute Gasteiger partial charge is 0.573 e. The monoisotopic (exact) mass is 540 g/mol. The minimum Gasteiger partial charge on any atom is -0.458 e. The average Bonchev–Trinajstić information content (AvgIpc) is 2.84. The van der Waals surface area contributed by atoms with Crippen molar-refractivity contribution in [2.45, 2.75) is 64.4 Å². The number of hydrogen-bond acceptors (Lipinski definition) is 6. The summed E-state index contributed by atoms with van der Waals surface area (Å²) < 4.78 is 66.5. The molecule has 0 aromatic heterocycles. The minimum absolute atomic E-state index is 0.129. The number of benzene rings is 2. The van der Waals surface area contributed by atoms with Crippen LogP contribution in [0.25, 0.3) is 0 Å². The first-order valence-electron chi connectivity index (χ1n) is 11.7. The number of alkyl halides is 4. The molecule has 0 aliphatic rings. The number of halogens is 4. The van der Waals surface area contributed by atoms with Crippen molar-refractivity contribution in [2.24, 2.45) is 0 Å². The molecule has 2 atom stereocenters. The Morgan fingerprint density at radius 2 is 1.53 bits per heavy atom. The van der Waals surface area contributed by atoms with Gasteiger partial charge in [-0.25, -0.2) is 14.0 Å². The second-order valence-electron chi connectivity index (χ2n) is 9.09. The summed E-state index contributed by atoms with van der Waals surface area (Å²) >= 11 is 0. The molecule has 2 rings (SSSR count). The van der Waals surface area contributed by atoms with Gasteiger partial charge in [-0.2, -0.15) is 0 Å². The normalized spacial score (nSPS) is 13.3. The lowest BCUT2D eigenvalue weighted by Gasteiger charge is -2.30. The van der Waals surface area contributed by atoms with Crippen LogP contribution in [0.3, 0.4) is 0 Å². The average molecular weight is 541 g/mol. The fourth-order valence-electron chi connectivity index (χ4n) is 3.45. The molecule has 0 saturated heterocycles. The number of rotatable bonds is 12. The number of nitrogens with zero attached hydrogens (tertiary/aromatic N) is 1. The molecular formula is C27H30F4NO6. The van der Waals surface area contributed by atoms with Gasteiger partial charge in [-0.3, -0.25) is 4.79 Å². The third-order valence-electron chi connectivity index (χ3n) is 5.34. The molecule has 7 nitrogen and oxygen atoms in total. The van der Waals surface area contributed by atoms with Crippen molar-refractivity contribution in [3.8, 4) is 5.75 Å². The molecule has 38 heavy (non-hydrogen) atoms. The second kappa shape index (κ2) is 13.3. The Kier molecular flexibility index (Phi) is 10.7. The van der Waals surface area contributed by atoms with E-state index in [2.05, 4.69) is 4.74 Å². The van der Waals surface area contributed by atoms with Crippen LogP contribution >= 0.6 is 0 Å². The highest BCUT2D eigenvalue weighted by Gasteiger charge is 2.37. The standard InChI is InChI=1S/C27H30F4NO6/c1-5-23(33)32(4)21(16-26(2,3)28)24(34)37-22(25(35)36-17-19-9-7-6-8-10-19)15-18-11-13-20(14-12-18)38-27(29,30)31/h5-14,21-22H,15-17H2,1-4H3/t21-,22+/m0/s1. The lowest BCUT2D eigenvalue weighted by atomic mass is 9.99. The molecule has 0 bridgehead atoms. The first-order valence-corrected chi connectivity index (χ1v) is 11.7. The van der Waals surface area contributed by atoms with Crippen molar-refractivity contribution in [3.63, 3.8) is 0 Å². The molecule has 0 spiro atoms. The Labute approximate surface area is 218 Å². The SMILES string of the molecule is C[CH]C(=O)N(C)[C@@H](CC(C)(C)F)C(=O)O[C@H](Cc1ccc(OC(F)(F)F)cc1)C(=O)OCc1ccccc1. The van der Waals surface area contributed by atoms with E-state index in [1.807, 2.05) is 0 Å².